The van der Waals surface area contributed by atoms with Crippen molar-refractivity contribution in [2.75, 3.05) is 0 Å². The lowest BCUT2D eigenvalue weighted by molar-refractivity contribution is -0.114. The average molecular weight is 206 g/mol. The second kappa shape index (κ2) is 5.20. The molecule has 1 rings (SSSR count). The van der Waals surface area contributed by atoms with Crippen molar-refractivity contribution in [2.24, 2.45) is 0 Å². The highest BCUT2D eigenvalue weighted by molar-refractivity contribution is 6.07. The molecule has 0 atom stereocenters. The molecule has 0 aliphatic carbocycles. The summed E-state index contributed by atoms with van der Waals surface area (Å²) >= 11 is 0. The molecule has 0 amide bonds. The Labute approximate surface area is 87.4 Å². The van der Waals surface area contributed by atoms with E-state index in [2.05, 4.69) is 0 Å². The molecule has 1 aromatic carbocycles. The quantitative estimate of drug-likeness (QED) is 0.560. The van der Waals surface area contributed by atoms with E-state index in [4.69, 9.17) is 0 Å². The van der Waals surface area contributed by atoms with Crippen LogP contribution in [0.15, 0.2) is 36.4 Å². The van der Waals surface area contributed by atoms with Gasteiger partial charge in [0.05, 0.1) is 0 Å². The van der Waals surface area contributed by atoms with Crippen LogP contribution < -0.4 is 0 Å². The highest BCUT2D eigenvalue weighted by atomic mass is 19.1. The molecule has 0 fully saturated rings. The molecule has 0 saturated heterocycles. The van der Waals surface area contributed by atoms with Gasteiger partial charge < -0.3 is 0 Å². The molecule has 0 saturated carbocycles. The Hall–Kier alpha value is -1.77. The van der Waals surface area contributed by atoms with Gasteiger partial charge in [-0.25, -0.2) is 4.39 Å². The minimum atomic E-state index is -0.389. The number of benzene rings is 1. The largest absolute Gasteiger partial charge is 0.295 e. The van der Waals surface area contributed by atoms with E-state index in [1.807, 2.05) is 0 Å². The molecule has 2 nitrogen and oxygen atoms in total. The van der Waals surface area contributed by atoms with Crippen molar-refractivity contribution >= 4 is 11.6 Å². The number of hydrogen-bond donors (Lipinski definition) is 0. The zero-order valence-electron chi connectivity index (χ0n) is 8.37. The minimum Gasteiger partial charge on any atom is -0.295 e. The molecular formula is C12H11FO2. The van der Waals surface area contributed by atoms with Gasteiger partial charge in [-0.1, -0.05) is 6.92 Å². The Morgan fingerprint density at radius 1 is 1.20 bits per heavy atom. The van der Waals surface area contributed by atoms with Gasteiger partial charge >= 0.3 is 0 Å². The molecule has 3 heteroatoms. The third kappa shape index (κ3) is 3.46. The van der Waals surface area contributed by atoms with Gasteiger partial charge in [0.15, 0.2) is 11.6 Å². The molecule has 0 aromatic heterocycles. The predicted octanol–water partition coefficient (Wildman–Crippen LogP) is 2.54. The van der Waals surface area contributed by atoms with Crippen molar-refractivity contribution in [1.82, 2.24) is 0 Å². The highest BCUT2D eigenvalue weighted by Gasteiger charge is 2.01. The summed E-state index contributed by atoms with van der Waals surface area (Å²) in [6.45, 7) is 1.72. The van der Waals surface area contributed by atoms with E-state index in [1.54, 1.807) is 6.92 Å². The molecule has 0 aliphatic rings. The molecule has 0 radical (unpaired) electrons. The fourth-order valence-electron chi connectivity index (χ4n) is 0.997. The summed E-state index contributed by atoms with van der Waals surface area (Å²) in [5.41, 5.74) is 0.372. The average Bonchev–Trinajstić information content (AvgIpc) is 2.26. The maximum atomic E-state index is 12.5. The number of carbonyl (C=O) groups excluding carboxylic acids is 2. The standard InChI is InChI=1S/C12H11FO2/c1-2-11(14)7-8-12(15)9-3-5-10(13)6-4-9/h3-8H,2H2,1H3/b8-7-. The van der Waals surface area contributed by atoms with Crippen LogP contribution in [-0.4, -0.2) is 11.6 Å². The van der Waals surface area contributed by atoms with Crippen molar-refractivity contribution in [3.63, 3.8) is 0 Å². The van der Waals surface area contributed by atoms with E-state index in [0.29, 0.717) is 12.0 Å². The van der Waals surface area contributed by atoms with E-state index < -0.39 is 0 Å². The summed E-state index contributed by atoms with van der Waals surface area (Å²) in [7, 11) is 0. The molecule has 0 aliphatic heterocycles. The molecule has 15 heavy (non-hydrogen) atoms. The zero-order chi connectivity index (χ0) is 11.3. The van der Waals surface area contributed by atoms with Crippen LogP contribution in [0.1, 0.15) is 23.7 Å². The van der Waals surface area contributed by atoms with Gasteiger partial charge in [0, 0.05) is 12.0 Å². The van der Waals surface area contributed by atoms with Crippen molar-refractivity contribution in [3.05, 3.63) is 47.8 Å². The first-order valence-corrected chi connectivity index (χ1v) is 4.64. The molecule has 0 bridgehead atoms. The number of rotatable bonds is 4. The number of allylic oxidation sites excluding steroid dienone is 2. The van der Waals surface area contributed by atoms with E-state index >= 15 is 0 Å². The van der Waals surface area contributed by atoms with Crippen LogP contribution >= 0.6 is 0 Å². The van der Waals surface area contributed by atoms with Crippen LogP contribution in [-0.2, 0) is 4.79 Å². The van der Waals surface area contributed by atoms with Gasteiger partial charge in [-0.2, -0.15) is 0 Å². The highest BCUT2D eigenvalue weighted by Crippen LogP contribution is 2.04. The molecular weight excluding hydrogens is 195 g/mol. The lowest BCUT2D eigenvalue weighted by atomic mass is 10.1. The van der Waals surface area contributed by atoms with Crippen LogP contribution in [0.3, 0.4) is 0 Å². The maximum absolute atomic E-state index is 12.5. The number of carbonyl (C=O) groups is 2. The van der Waals surface area contributed by atoms with Gasteiger partial charge in [-0.3, -0.25) is 9.59 Å². The van der Waals surface area contributed by atoms with Crippen LogP contribution in [0.25, 0.3) is 0 Å². The second-order valence-corrected chi connectivity index (χ2v) is 3.02. The number of ketones is 2. The van der Waals surface area contributed by atoms with Gasteiger partial charge in [0.1, 0.15) is 5.82 Å². The first-order valence-electron chi connectivity index (χ1n) is 4.64. The van der Waals surface area contributed by atoms with Gasteiger partial charge in [-0.05, 0) is 36.4 Å². The van der Waals surface area contributed by atoms with E-state index in [0.717, 1.165) is 0 Å². The lowest BCUT2D eigenvalue weighted by Gasteiger charge is -1.94. The van der Waals surface area contributed by atoms with Crippen LogP contribution in [0.5, 0.6) is 0 Å². The summed E-state index contributed by atoms with van der Waals surface area (Å²) in [6, 6.07) is 5.20. The second-order valence-electron chi connectivity index (χ2n) is 3.02. The molecule has 0 N–H and O–H groups in total. The van der Waals surface area contributed by atoms with E-state index in [1.165, 1.54) is 36.4 Å². The third-order valence-corrected chi connectivity index (χ3v) is 1.90. The third-order valence-electron chi connectivity index (χ3n) is 1.90. The summed E-state index contributed by atoms with van der Waals surface area (Å²) in [5.74, 6) is -0.789. The number of halogens is 1. The van der Waals surface area contributed by atoms with E-state index in [9.17, 15) is 14.0 Å². The SMILES string of the molecule is CCC(=O)/C=C\C(=O)c1ccc(F)cc1. The van der Waals surface area contributed by atoms with Crippen molar-refractivity contribution in [2.45, 2.75) is 13.3 Å². The number of hydrogen-bond acceptors (Lipinski definition) is 2. The fourth-order valence-corrected chi connectivity index (χ4v) is 0.997. The predicted molar refractivity (Wildman–Crippen MR) is 55.2 cm³/mol. The normalized spacial score (nSPS) is 10.5. The van der Waals surface area contributed by atoms with E-state index in [-0.39, 0.29) is 17.4 Å². The van der Waals surface area contributed by atoms with Gasteiger partial charge in [0.25, 0.3) is 0 Å². The topological polar surface area (TPSA) is 34.1 Å². The maximum Gasteiger partial charge on any atom is 0.185 e. The molecule has 78 valence electrons. The summed E-state index contributed by atoms with van der Waals surface area (Å²) in [5, 5.41) is 0. The van der Waals surface area contributed by atoms with Crippen LogP contribution in [0, 0.1) is 5.82 Å². The Morgan fingerprint density at radius 2 is 1.80 bits per heavy atom. The summed E-state index contributed by atoms with van der Waals surface area (Å²) in [4.78, 5) is 22.3. The minimum absolute atomic E-state index is 0.106. The molecule has 0 spiro atoms. The van der Waals surface area contributed by atoms with Gasteiger partial charge in [0.2, 0.25) is 0 Å². The van der Waals surface area contributed by atoms with Crippen molar-refractivity contribution < 1.29 is 14.0 Å². The first kappa shape index (κ1) is 11.3. The lowest BCUT2D eigenvalue weighted by Crippen LogP contribution is -1.96. The molecule has 0 heterocycles. The monoisotopic (exact) mass is 206 g/mol. The van der Waals surface area contributed by atoms with Crippen molar-refractivity contribution in [1.29, 1.82) is 0 Å². The molecule has 0 unspecified atom stereocenters. The fraction of sp³-hybridized carbons (Fsp3) is 0.167. The summed E-state index contributed by atoms with van der Waals surface area (Å²) < 4.78 is 12.5. The van der Waals surface area contributed by atoms with Crippen LogP contribution in [0.4, 0.5) is 4.39 Å². The Kier molecular flexibility index (Phi) is 3.92. The van der Waals surface area contributed by atoms with Crippen LogP contribution in [0.2, 0.25) is 0 Å². The first-order chi connectivity index (χ1) is 7.13. The zero-order valence-corrected chi connectivity index (χ0v) is 8.37. The van der Waals surface area contributed by atoms with Gasteiger partial charge in [-0.15, -0.1) is 0 Å². The smallest absolute Gasteiger partial charge is 0.185 e. The molecule has 1 aromatic rings. The van der Waals surface area contributed by atoms with Crippen molar-refractivity contribution in [3.8, 4) is 0 Å². The Morgan fingerprint density at radius 3 is 2.33 bits per heavy atom. The Bertz CT molecular complexity index is 391. The Balaban J connectivity index is 2.73. The summed E-state index contributed by atoms with van der Waals surface area (Å²) in [6.07, 6.45) is 2.82.